The summed E-state index contributed by atoms with van der Waals surface area (Å²) in [5, 5.41) is 7.74. The molecule has 0 saturated heterocycles. The number of rotatable bonds is 6. The molecular weight excluding hydrogens is 280 g/mol. The quantitative estimate of drug-likeness (QED) is 0.490. The summed E-state index contributed by atoms with van der Waals surface area (Å²) >= 11 is 1.71. The highest BCUT2D eigenvalue weighted by Gasteiger charge is 2.01. The van der Waals surface area contributed by atoms with Crippen LogP contribution in [-0.4, -0.2) is 24.5 Å². The number of guanidine groups is 1. The van der Waals surface area contributed by atoms with E-state index in [9.17, 15) is 0 Å². The first-order valence-electron chi connectivity index (χ1n) is 7.17. The first kappa shape index (κ1) is 15.5. The van der Waals surface area contributed by atoms with Crippen LogP contribution in [0.2, 0.25) is 0 Å². The van der Waals surface area contributed by atoms with Crippen molar-refractivity contribution in [1.29, 1.82) is 0 Å². The zero-order valence-electron chi connectivity index (χ0n) is 12.6. The van der Waals surface area contributed by atoms with Gasteiger partial charge in [-0.2, -0.15) is 0 Å². The lowest BCUT2D eigenvalue weighted by molar-refractivity contribution is 0.743. The topological polar surface area (TPSA) is 49.3 Å². The predicted octanol–water partition coefficient (Wildman–Crippen LogP) is 2.75. The van der Waals surface area contributed by atoms with Gasteiger partial charge in [-0.15, -0.1) is 11.3 Å². The zero-order valence-corrected chi connectivity index (χ0v) is 13.4. The van der Waals surface area contributed by atoms with E-state index in [1.807, 2.05) is 13.1 Å². The molecule has 0 aliphatic heterocycles. The fourth-order valence-corrected chi connectivity index (χ4v) is 2.76. The fraction of sp³-hybridized carbons (Fsp3) is 0.375. The molecule has 1 aromatic carbocycles. The SMILES string of the molecule is CN=C(NCCCc1ccccc1)NCc1cnc(C)s1. The number of nitrogens with zero attached hydrogens (tertiary/aromatic N) is 2. The summed E-state index contributed by atoms with van der Waals surface area (Å²) in [5.41, 5.74) is 1.38. The molecule has 0 saturated carbocycles. The maximum Gasteiger partial charge on any atom is 0.191 e. The van der Waals surface area contributed by atoms with Crippen molar-refractivity contribution in [2.45, 2.75) is 26.3 Å². The number of hydrogen-bond acceptors (Lipinski definition) is 3. The third kappa shape index (κ3) is 5.55. The van der Waals surface area contributed by atoms with Gasteiger partial charge in [0.2, 0.25) is 0 Å². The number of aryl methyl sites for hydroxylation is 2. The standard InChI is InChI=1S/C16H22N4S/c1-13-19-11-15(21-13)12-20-16(17-2)18-10-6-9-14-7-4-3-5-8-14/h3-5,7-8,11H,6,9-10,12H2,1-2H3,(H2,17,18,20). The Labute approximate surface area is 130 Å². The molecule has 1 aromatic heterocycles. The van der Waals surface area contributed by atoms with Crippen molar-refractivity contribution >= 4 is 17.3 Å². The van der Waals surface area contributed by atoms with Crippen LogP contribution >= 0.6 is 11.3 Å². The van der Waals surface area contributed by atoms with Crippen molar-refractivity contribution in [2.75, 3.05) is 13.6 Å². The second kappa shape index (κ2) is 8.42. The van der Waals surface area contributed by atoms with Crippen LogP contribution in [0.1, 0.15) is 21.9 Å². The van der Waals surface area contributed by atoms with Gasteiger partial charge in [0.05, 0.1) is 11.6 Å². The van der Waals surface area contributed by atoms with Gasteiger partial charge in [-0.3, -0.25) is 4.99 Å². The smallest absolute Gasteiger partial charge is 0.191 e. The van der Waals surface area contributed by atoms with E-state index in [2.05, 4.69) is 50.9 Å². The zero-order chi connectivity index (χ0) is 14.9. The van der Waals surface area contributed by atoms with Gasteiger partial charge in [-0.05, 0) is 25.3 Å². The van der Waals surface area contributed by atoms with Crippen LogP contribution in [0.25, 0.3) is 0 Å². The molecule has 0 amide bonds. The average molecular weight is 302 g/mol. The Bertz CT molecular complexity index is 563. The number of nitrogens with one attached hydrogen (secondary N) is 2. The summed E-state index contributed by atoms with van der Waals surface area (Å²) in [7, 11) is 1.80. The molecule has 0 atom stereocenters. The van der Waals surface area contributed by atoms with Gasteiger partial charge in [0.1, 0.15) is 0 Å². The molecule has 2 rings (SSSR count). The molecule has 0 unspecified atom stereocenters. The molecular formula is C16H22N4S. The van der Waals surface area contributed by atoms with E-state index >= 15 is 0 Å². The lowest BCUT2D eigenvalue weighted by Gasteiger charge is -2.11. The average Bonchev–Trinajstić information content (AvgIpc) is 2.93. The normalized spacial score (nSPS) is 11.4. The Hall–Kier alpha value is -1.88. The molecule has 0 bridgehead atoms. The van der Waals surface area contributed by atoms with E-state index in [0.717, 1.165) is 36.9 Å². The Morgan fingerprint density at radius 3 is 2.71 bits per heavy atom. The maximum atomic E-state index is 4.25. The van der Waals surface area contributed by atoms with Gasteiger partial charge in [-0.1, -0.05) is 30.3 Å². The van der Waals surface area contributed by atoms with E-state index in [1.54, 1.807) is 18.4 Å². The van der Waals surface area contributed by atoms with Gasteiger partial charge in [0.25, 0.3) is 0 Å². The molecule has 0 spiro atoms. The van der Waals surface area contributed by atoms with Crippen LogP contribution < -0.4 is 10.6 Å². The molecule has 0 fully saturated rings. The minimum Gasteiger partial charge on any atom is -0.356 e. The highest BCUT2D eigenvalue weighted by Crippen LogP contribution is 2.10. The number of hydrogen-bond donors (Lipinski definition) is 2. The monoisotopic (exact) mass is 302 g/mol. The highest BCUT2D eigenvalue weighted by molar-refractivity contribution is 7.11. The van der Waals surface area contributed by atoms with E-state index in [0.29, 0.717) is 0 Å². The summed E-state index contributed by atoms with van der Waals surface area (Å²) in [6.07, 6.45) is 4.08. The minimum atomic E-state index is 0.768. The van der Waals surface area contributed by atoms with Crippen molar-refractivity contribution in [3.63, 3.8) is 0 Å². The first-order valence-corrected chi connectivity index (χ1v) is 7.99. The van der Waals surface area contributed by atoms with Gasteiger partial charge < -0.3 is 10.6 Å². The molecule has 5 heteroatoms. The number of benzene rings is 1. The number of aliphatic imine (C=N–C) groups is 1. The van der Waals surface area contributed by atoms with E-state index in [-0.39, 0.29) is 0 Å². The Kier molecular flexibility index (Phi) is 6.22. The summed E-state index contributed by atoms with van der Waals surface area (Å²) in [6, 6.07) is 10.5. The minimum absolute atomic E-state index is 0.768. The molecule has 0 radical (unpaired) electrons. The fourth-order valence-electron chi connectivity index (χ4n) is 2.02. The van der Waals surface area contributed by atoms with Gasteiger partial charge >= 0.3 is 0 Å². The summed E-state index contributed by atoms with van der Waals surface area (Å²) in [4.78, 5) is 9.70. The Balaban J connectivity index is 1.66. The predicted molar refractivity (Wildman–Crippen MR) is 89.8 cm³/mol. The Morgan fingerprint density at radius 2 is 2.05 bits per heavy atom. The van der Waals surface area contributed by atoms with Crippen molar-refractivity contribution in [1.82, 2.24) is 15.6 Å². The van der Waals surface area contributed by atoms with Crippen molar-refractivity contribution in [3.8, 4) is 0 Å². The number of aromatic nitrogens is 1. The summed E-state index contributed by atoms with van der Waals surface area (Å²) in [5.74, 6) is 0.842. The highest BCUT2D eigenvalue weighted by atomic mass is 32.1. The van der Waals surface area contributed by atoms with Crippen molar-refractivity contribution in [2.24, 2.45) is 4.99 Å². The van der Waals surface area contributed by atoms with Gasteiger partial charge in [-0.25, -0.2) is 4.98 Å². The summed E-state index contributed by atoms with van der Waals surface area (Å²) in [6.45, 7) is 3.70. The van der Waals surface area contributed by atoms with Crippen LogP contribution in [0, 0.1) is 6.92 Å². The first-order chi connectivity index (χ1) is 10.3. The van der Waals surface area contributed by atoms with Crippen LogP contribution in [0.15, 0.2) is 41.5 Å². The third-order valence-electron chi connectivity index (χ3n) is 3.10. The maximum absolute atomic E-state index is 4.25. The van der Waals surface area contributed by atoms with E-state index in [1.165, 1.54) is 10.4 Å². The Morgan fingerprint density at radius 1 is 1.24 bits per heavy atom. The lowest BCUT2D eigenvalue weighted by atomic mass is 10.1. The van der Waals surface area contributed by atoms with Crippen LogP contribution in [0.5, 0.6) is 0 Å². The largest absolute Gasteiger partial charge is 0.356 e. The van der Waals surface area contributed by atoms with Crippen LogP contribution in [0.4, 0.5) is 0 Å². The second-order valence-corrected chi connectivity index (χ2v) is 6.11. The summed E-state index contributed by atoms with van der Waals surface area (Å²) < 4.78 is 0. The van der Waals surface area contributed by atoms with Crippen LogP contribution in [0.3, 0.4) is 0 Å². The van der Waals surface area contributed by atoms with Gasteiger partial charge in [0.15, 0.2) is 5.96 Å². The van der Waals surface area contributed by atoms with E-state index < -0.39 is 0 Å². The second-order valence-electron chi connectivity index (χ2n) is 4.79. The molecule has 0 aliphatic carbocycles. The van der Waals surface area contributed by atoms with Gasteiger partial charge in [0, 0.05) is 24.7 Å². The molecule has 1 heterocycles. The third-order valence-corrected chi connectivity index (χ3v) is 4.01. The lowest BCUT2D eigenvalue weighted by Crippen LogP contribution is -2.37. The molecule has 2 aromatic rings. The molecule has 0 aliphatic rings. The molecule has 2 N–H and O–H groups in total. The molecule has 4 nitrogen and oxygen atoms in total. The van der Waals surface area contributed by atoms with Crippen molar-refractivity contribution < 1.29 is 0 Å². The molecule has 21 heavy (non-hydrogen) atoms. The molecule has 112 valence electrons. The number of thiazole rings is 1. The van der Waals surface area contributed by atoms with Crippen molar-refractivity contribution in [3.05, 3.63) is 52.0 Å². The van der Waals surface area contributed by atoms with E-state index in [4.69, 9.17) is 0 Å². The van der Waals surface area contributed by atoms with Crippen LogP contribution in [-0.2, 0) is 13.0 Å².